The summed E-state index contributed by atoms with van der Waals surface area (Å²) >= 11 is 1.57. The van der Waals surface area contributed by atoms with Gasteiger partial charge in [0.25, 0.3) is 0 Å². The second-order valence-electron chi connectivity index (χ2n) is 5.04. The second-order valence-corrected chi connectivity index (χ2v) is 8.12. The Morgan fingerprint density at radius 3 is 2.79 bits per heavy atom. The van der Waals surface area contributed by atoms with Gasteiger partial charge in [0, 0.05) is 28.9 Å². The highest BCUT2D eigenvalue weighted by atomic mass is 32.2. The van der Waals surface area contributed by atoms with Crippen LogP contribution in [-0.4, -0.2) is 21.0 Å². The van der Waals surface area contributed by atoms with Crippen LogP contribution in [0.2, 0.25) is 0 Å². The maximum atomic E-state index is 12.2. The number of hydrogen-bond acceptors (Lipinski definition) is 4. The number of sulfonamides is 1. The van der Waals surface area contributed by atoms with Crippen molar-refractivity contribution < 1.29 is 8.42 Å². The third-order valence-electron chi connectivity index (χ3n) is 3.18. The van der Waals surface area contributed by atoms with E-state index in [1.54, 1.807) is 11.3 Å². The predicted octanol–water partition coefficient (Wildman–Crippen LogP) is 2.39. The minimum absolute atomic E-state index is 0.446. The van der Waals surface area contributed by atoms with Gasteiger partial charge in [-0.2, -0.15) is 0 Å². The van der Waals surface area contributed by atoms with E-state index >= 15 is 0 Å². The fraction of sp³-hybridized carbons (Fsp3) is 0.692. The van der Waals surface area contributed by atoms with Gasteiger partial charge >= 0.3 is 0 Å². The number of aryl methyl sites for hydroxylation is 1. The fourth-order valence-electron chi connectivity index (χ4n) is 1.87. The molecule has 0 unspecified atom stereocenters. The van der Waals surface area contributed by atoms with Gasteiger partial charge in [-0.15, -0.1) is 11.3 Å². The van der Waals surface area contributed by atoms with E-state index in [1.165, 1.54) is 12.8 Å². The first-order chi connectivity index (χ1) is 9.03. The standard InChI is InChI=1S/C13H22N2O2S2/c1-3-4-7-15-19(16,17)13-8-12(18-10(13)2)9-14-11-5-6-11/h8,11,14-15H,3-7,9H2,1-2H3. The summed E-state index contributed by atoms with van der Waals surface area (Å²) in [4.78, 5) is 2.41. The highest BCUT2D eigenvalue weighted by Crippen LogP contribution is 2.27. The maximum Gasteiger partial charge on any atom is 0.241 e. The van der Waals surface area contributed by atoms with Crippen LogP contribution in [-0.2, 0) is 16.6 Å². The number of unbranched alkanes of at least 4 members (excludes halogenated alkanes) is 1. The molecule has 0 aliphatic heterocycles. The molecule has 0 aromatic carbocycles. The number of hydrogen-bond donors (Lipinski definition) is 2. The number of nitrogens with one attached hydrogen (secondary N) is 2. The van der Waals surface area contributed by atoms with Gasteiger partial charge in [0.15, 0.2) is 0 Å². The Hall–Kier alpha value is -0.430. The molecule has 2 N–H and O–H groups in total. The minimum atomic E-state index is -3.33. The van der Waals surface area contributed by atoms with E-state index < -0.39 is 10.0 Å². The first kappa shape index (κ1) is 15.0. The van der Waals surface area contributed by atoms with Crippen LogP contribution in [0.25, 0.3) is 0 Å². The Labute approximate surface area is 119 Å². The summed E-state index contributed by atoms with van der Waals surface area (Å²) < 4.78 is 27.0. The van der Waals surface area contributed by atoms with Crippen molar-refractivity contribution in [1.29, 1.82) is 0 Å². The third kappa shape index (κ3) is 4.27. The predicted molar refractivity (Wildman–Crippen MR) is 79.0 cm³/mol. The van der Waals surface area contributed by atoms with Crippen molar-refractivity contribution in [2.75, 3.05) is 6.54 Å². The van der Waals surface area contributed by atoms with Crippen molar-refractivity contribution in [3.05, 3.63) is 15.8 Å². The van der Waals surface area contributed by atoms with Gasteiger partial charge in [-0.25, -0.2) is 13.1 Å². The van der Waals surface area contributed by atoms with E-state index in [0.717, 1.165) is 29.1 Å². The summed E-state index contributed by atoms with van der Waals surface area (Å²) in [5, 5.41) is 3.41. The molecule has 1 saturated carbocycles. The molecule has 4 nitrogen and oxygen atoms in total. The largest absolute Gasteiger partial charge is 0.309 e. The molecule has 0 bridgehead atoms. The molecule has 6 heteroatoms. The van der Waals surface area contributed by atoms with Crippen molar-refractivity contribution in [1.82, 2.24) is 10.0 Å². The van der Waals surface area contributed by atoms with Crippen LogP contribution in [0.1, 0.15) is 42.4 Å². The van der Waals surface area contributed by atoms with Crippen LogP contribution in [0.3, 0.4) is 0 Å². The second kappa shape index (κ2) is 6.35. The summed E-state index contributed by atoms with van der Waals surface area (Å²) in [6, 6.07) is 2.45. The normalized spacial score (nSPS) is 15.9. The van der Waals surface area contributed by atoms with Gasteiger partial charge in [0.05, 0.1) is 4.90 Å². The first-order valence-corrected chi connectivity index (χ1v) is 9.15. The lowest BCUT2D eigenvalue weighted by molar-refractivity contribution is 0.578. The highest BCUT2D eigenvalue weighted by Gasteiger charge is 2.22. The fourth-order valence-corrected chi connectivity index (χ4v) is 4.53. The molecule has 0 saturated heterocycles. The summed E-state index contributed by atoms with van der Waals surface area (Å²) in [6.45, 7) is 5.22. The van der Waals surface area contributed by atoms with E-state index in [1.807, 2.05) is 19.9 Å². The molecule has 0 radical (unpaired) electrons. The van der Waals surface area contributed by atoms with Crippen LogP contribution in [0.5, 0.6) is 0 Å². The van der Waals surface area contributed by atoms with Gasteiger partial charge < -0.3 is 5.32 Å². The summed E-state index contributed by atoms with van der Waals surface area (Å²) in [5.74, 6) is 0. The Balaban J connectivity index is 2.01. The van der Waals surface area contributed by atoms with E-state index in [9.17, 15) is 8.42 Å². The smallest absolute Gasteiger partial charge is 0.241 e. The van der Waals surface area contributed by atoms with Gasteiger partial charge in [0.2, 0.25) is 10.0 Å². The first-order valence-electron chi connectivity index (χ1n) is 6.85. The molecule has 0 amide bonds. The SMILES string of the molecule is CCCCNS(=O)(=O)c1cc(CNC2CC2)sc1C. The Morgan fingerprint density at radius 2 is 2.16 bits per heavy atom. The Bertz CT molecular complexity index is 519. The third-order valence-corrected chi connectivity index (χ3v) is 5.94. The molecular weight excluding hydrogens is 280 g/mol. The molecule has 19 heavy (non-hydrogen) atoms. The molecule has 1 aliphatic carbocycles. The lowest BCUT2D eigenvalue weighted by Gasteiger charge is -2.04. The zero-order valence-electron chi connectivity index (χ0n) is 11.5. The Morgan fingerprint density at radius 1 is 1.42 bits per heavy atom. The molecule has 0 atom stereocenters. The number of rotatable bonds is 8. The average molecular weight is 302 g/mol. The molecular formula is C13H22N2O2S2. The van der Waals surface area contributed by atoms with Crippen LogP contribution < -0.4 is 10.0 Å². The lowest BCUT2D eigenvalue weighted by atomic mass is 10.3. The van der Waals surface area contributed by atoms with Crippen molar-refractivity contribution in [2.45, 2.75) is 57.0 Å². The van der Waals surface area contributed by atoms with E-state index in [2.05, 4.69) is 10.0 Å². The molecule has 108 valence electrons. The lowest BCUT2D eigenvalue weighted by Crippen LogP contribution is -2.24. The molecule has 1 heterocycles. The quantitative estimate of drug-likeness (QED) is 0.725. The topological polar surface area (TPSA) is 58.2 Å². The van der Waals surface area contributed by atoms with E-state index in [4.69, 9.17) is 0 Å². The van der Waals surface area contributed by atoms with E-state index in [-0.39, 0.29) is 0 Å². The summed E-state index contributed by atoms with van der Waals surface area (Å²) in [7, 11) is -3.33. The minimum Gasteiger partial charge on any atom is -0.309 e. The zero-order valence-corrected chi connectivity index (χ0v) is 13.2. The van der Waals surface area contributed by atoms with E-state index in [0.29, 0.717) is 17.5 Å². The summed E-state index contributed by atoms with van der Waals surface area (Å²) in [6.07, 6.45) is 4.35. The Kier molecular flexibility index (Phi) is 5.00. The monoisotopic (exact) mass is 302 g/mol. The van der Waals surface area contributed by atoms with Crippen molar-refractivity contribution in [3.8, 4) is 0 Å². The molecule has 1 aromatic heterocycles. The average Bonchev–Trinajstić information content (AvgIpc) is 3.09. The van der Waals surface area contributed by atoms with Gasteiger partial charge in [-0.1, -0.05) is 13.3 Å². The van der Waals surface area contributed by atoms with Crippen LogP contribution in [0, 0.1) is 6.92 Å². The van der Waals surface area contributed by atoms with Crippen molar-refractivity contribution in [3.63, 3.8) is 0 Å². The zero-order chi connectivity index (χ0) is 13.9. The van der Waals surface area contributed by atoms with Crippen LogP contribution in [0.15, 0.2) is 11.0 Å². The van der Waals surface area contributed by atoms with Crippen LogP contribution in [0.4, 0.5) is 0 Å². The van der Waals surface area contributed by atoms with Gasteiger partial charge in [-0.3, -0.25) is 0 Å². The maximum absolute atomic E-state index is 12.2. The molecule has 1 aliphatic rings. The van der Waals surface area contributed by atoms with Crippen molar-refractivity contribution >= 4 is 21.4 Å². The van der Waals surface area contributed by atoms with Crippen LogP contribution >= 0.6 is 11.3 Å². The molecule has 1 fully saturated rings. The summed E-state index contributed by atoms with van der Waals surface area (Å²) in [5.41, 5.74) is 0. The molecule has 0 spiro atoms. The highest BCUT2D eigenvalue weighted by molar-refractivity contribution is 7.89. The number of thiophene rings is 1. The van der Waals surface area contributed by atoms with Gasteiger partial charge in [-0.05, 0) is 32.3 Å². The molecule has 2 rings (SSSR count). The van der Waals surface area contributed by atoms with Crippen molar-refractivity contribution in [2.24, 2.45) is 0 Å². The van der Waals surface area contributed by atoms with Gasteiger partial charge in [0.1, 0.15) is 0 Å². The molecule has 1 aromatic rings.